The van der Waals surface area contributed by atoms with Crippen LogP contribution in [0, 0.1) is 6.33 Å². The maximum atomic E-state index is 4.31. The van der Waals surface area contributed by atoms with Gasteiger partial charge in [0.25, 0.3) is 0 Å². The summed E-state index contributed by atoms with van der Waals surface area (Å²) in [6.45, 7) is 0. The molecule has 0 unspecified atom stereocenters. The zero-order valence-corrected chi connectivity index (χ0v) is 7.00. The van der Waals surface area contributed by atoms with Crippen molar-refractivity contribution in [3.05, 3.63) is 18.5 Å². The number of hydrogen-bond acceptors (Lipinski definition) is 3. The van der Waals surface area contributed by atoms with Crippen molar-refractivity contribution in [1.29, 1.82) is 0 Å². The van der Waals surface area contributed by atoms with Crippen molar-refractivity contribution < 1.29 is 0 Å². The van der Waals surface area contributed by atoms with E-state index < -0.39 is 0 Å². The molecule has 0 aliphatic rings. The highest BCUT2D eigenvalue weighted by atomic mass is 15.1. The SMILES string of the molecule is CNc1ccc2n[c]n(C)c2n1. The molecule has 2 aromatic rings. The lowest BCUT2D eigenvalue weighted by Gasteiger charge is -1.98. The Morgan fingerprint density at radius 1 is 1.50 bits per heavy atom. The first-order chi connectivity index (χ1) is 5.81. The van der Waals surface area contributed by atoms with Crippen molar-refractivity contribution >= 4 is 17.0 Å². The number of pyridine rings is 1. The molecule has 0 aliphatic heterocycles. The minimum atomic E-state index is 0.847. The van der Waals surface area contributed by atoms with Crippen molar-refractivity contribution in [3.8, 4) is 0 Å². The van der Waals surface area contributed by atoms with Crippen molar-refractivity contribution in [2.45, 2.75) is 0 Å². The van der Waals surface area contributed by atoms with Crippen LogP contribution in [0.15, 0.2) is 12.1 Å². The van der Waals surface area contributed by atoms with Gasteiger partial charge in [0.1, 0.15) is 11.3 Å². The lowest BCUT2D eigenvalue weighted by Crippen LogP contribution is -1.94. The molecule has 4 heteroatoms. The molecule has 0 spiro atoms. The Morgan fingerprint density at radius 3 is 3.08 bits per heavy atom. The zero-order chi connectivity index (χ0) is 8.55. The van der Waals surface area contributed by atoms with Gasteiger partial charge in [-0.05, 0) is 12.1 Å². The van der Waals surface area contributed by atoms with Gasteiger partial charge in [-0.15, -0.1) is 0 Å². The van der Waals surface area contributed by atoms with Gasteiger partial charge in [-0.3, -0.25) is 0 Å². The Morgan fingerprint density at radius 2 is 2.33 bits per heavy atom. The minimum absolute atomic E-state index is 0.847. The molecule has 0 bridgehead atoms. The predicted molar refractivity (Wildman–Crippen MR) is 46.9 cm³/mol. The minimum Gasteiger partial charge on any atom is -0.373 e. The Labute approximate surface area is 70.3 Å². The molecule has 1 N–H and O–H groups in total. The second-order valence-electron chi connectivity index (χ2n) is 2.56. The van der Waals surface area contributed by atoms with Gasteiger partial charge in [-0.2, -0.15) is 0 Å². The molecule has 1 radical (unpaired) electrons. The van der Waals surface area contributed by atoms with Gasteiger partial charge < -0.3 is 9.88 Å². The standard InChI is InChI=1S/C8H9N4/c1-9-7-4-3-6-8(11-7)12(2)5-10-6/h3-4H,1-2H3,(H,9,11). The van der Waals surface area contributed by atoms with Crippen LogP contribution in [0.25, 0.3) is 11.2 Å². The molecule has 0 aliphatic carbocycles. The summed E-state index contributed by atoms with van der Waals surface area (Å²) in [5.41, 5.74) is 1.72. The quantitative estimate of drug-likeness (QED) is 0.673. The summed E-state index contributed by atoms with van der Waals surface area (Å²) in [6.07, 6.45) is 2.80. The molecule has 0 amide bonds. The van der Waals surface area contributed by atoms with Gasteiger partial charge in [0.2, 0.25) is 0 Å². The number of hydrogen-bond donors (Lipinski definition) is 1. The molecule has 2 heterocycles. The van der Waals surface area contributed by atoms with Crippen molar-refractivity contribution in [2.24, 2.45) is 7.05 Å². The monoisotopic (exact) mass is 161 g/mol. The van der Waals surface area contributed by atoms with Gasteiger partial charge in [-0.25, -0.2) is 9.97 Å². The number of imidazole rings is 1. The molecule has 0 fully saturated rings. The van der Waals surface area contributed by atoms with E-state index >= 15 is 0 Å². The van der Waals surface area contributed by atoms with E-state index in [1.165, 1.54) is 0 Å². The number of fused-ring (bicyclic) bond motifs is 1. The fourth-order valence-electron chi connectivity index (χ4n) is 1.09. The molecular formula is C8H9N4. The summed E-state index contributed by atoms with van der Waals surface area (Å²) in [4.78, 5) is 8.35. The van der Waals surface area contributed by atoms with Gasteiger partial charge in [0.15, 0.2) is 12.0 Å². The molecule has 61 valence electrons. The van der Waals surface area contributed by atoms with Gasteiger partial charge in [0.05, 0.1) is 0 Å². The Bertz CT molecular complexity index is 404. The number of anilines is 1. The summed E-state index contributed by atoms with van der Waals surface area (Å²) in [6, 6.07) is 3.81. The molecule has 2 aromatic heterocycles. The van der Waals surface area contributed by atoms with Crippen molar-refractivity contribution in [1.82, 2.24) is 14.5 Å². The zero-order valence-electron chi connectivity index (χ0n) is 7.00. The third-order valence-electron chi connectivity index (χ3n) is 1.75. The van der Waals surface area contributed by atoms with E-state index in [2.05, 4.69) is 21.6 Å². The van der Waals surface area contributed by atoms with Crippen molar-refractivity contribution in [2.75, 3.05) is 12.4 Å². The normalized spacial score (nSPS) is 10.5. The van der Waals surface area contributed by atoms with E-state index in [0.717, 1.165) is 17.0 Å². The van der Waals surface area contributed by atoms with E-state index in [1.807, 2.05) is 26.2 Å². The maximum Gasteiger partial charge on any atom is 0.178 e. The molecule has 0 aromatic carbocycles. The van der Waals surface area contributed by atoms with E-state index in [4.69, 9.17) is 0 Å². The van der Waals surface area contributed by atoms with Crippen LogP contribution < -0.4 is 5.32 Å². The third kappa shape index (κ3) is 0.922. The average molecular weight is 161 g/mol. The van der Waals surface area contributed by atoms with Gasteiger partial charge in [-0.1, -0.05) is 0 Å². The molecular weight excluding hydrogens is 152 g/mol. The Kier molecular flexibility index (Phi) is 1.46. The average Bonchev–Trinajstić information content (AvgIpc) is 2.47. The second-order valence-corrected chi connectivity index (χ2v) is 2.56. The molecule has 2 rings (SSSR count). The van der Waals surface area contributed by atoms with Crippen LogP contribution >= 0.6 is 0 Å². The van der Waals surface area contributed by atoms with Gasteiger partial charge >= 0.3 is 0 Å². The number of aryl methyl sites for hydroxylation is 1. The lowest BCUT2D eigenvalue weighted by molar-refractivity contribution is 0.920. The Balaban J connectivity index is 2.71. The molecule has 0 saturated carbocycles. The number of rotatable bonds is 1. The summed E-state index contributed by atoms with van der Waals surface area (Å²) in [5.74, 6) is 0.847. The van der Waals surface area contributed by atoms with E-state index in [1.54, 1.807) is 4.57 Å². The van der Waals surface area contributed by atoms with Crippen LogP contribution in [0.3, 0.4) is 0 Å². The van der Waals surface area contributed by atoms with E-state index in [-0.39, 0.29) is 0 Å². The Hall–Kier alpha value is -1.58. The van der Waals surface area contributed by atoms with Crippen molar-refractivity contribution in [3.63, 3.8) is 0 Å². The number of aromatic nitrogens is 3. The van der Waals surface area contributed by atoms with Crippen LogP contribution in [0.4, 0.5) is 5.82 Å². The third-order valence-corrected chi connectivity index (χ3v) is 1.75. The first kappa shape index (κ1) is 7.09. The van der Waals surface area contributed by atoms with Gasteiger partial charge in [0, 0.05) is 14.1 Å². The highest BCUT2D eigenvalue weighted by Crippen LogP contribution is 2.11. The largest absolute Gasteiger partial charge is 0.373 e. The fraction of sp³-hybridized carbons (Fsp3) is 0.250. The predicted octanol–water partition coefficient (Wildman–Crippen LogP) is 0.810. The highest BCUT2D eigenvalue weighted by Gasteiger charge is 2.01. The summed E-state index contributed by atoms with van der Waals surface area (Å²) >= 11 is 0. The van der Waals surface area contributed by atoms with Crippen LogP contribution in [-0.2, 0) is 7.05 Å². The highest BCUT2D eigenvalue weighted by molar-refractivity contribution is 5.72. The van der Waals surface area contributed by atoms with E-state index in [0.29, 0.717) is 0 Å². The first-order valence-corrected chi connectivity index (χ1v) is 3.70. The van der Waals surface area contributed by atoms with E-state index in [9.17, 15) is 0 Å². The number of nitrogens with one attached hydrogen (secondary N) is 1. The molecule has 0 saturated heterocycles. The second kappa shape index (κ2) is 2.48. The molecule has 4 nitrogen and oxygen atoms in total. The molecule has 12 heavy (non-hydrogen) atoms. The first-order valence-electron chi connectivity index (χ1n) is 3.70. The van der Waals surface area contributed by atoms with Crippen LogP contribution in [0.1, 0.15) is 0 Å². The summed E-state index contributed by atoms with van der Waals surface area (Å²) < 4.78 is 1.77. The number of nitrogens with zero attached hydrogens (tertiary/aromatic N) is 3. The summed E-state index contributed by atoms with van der Waals surface area (Å²) in [7, 11) is 3.72. The summed E-state index contributed by atoms with van der Waals surface area (Å²) in [5, 5.41) is 2.97. The maximum absolute atomic E-state index is 4.31. The fourth-order valence-corrected chi connectivity index (χ4v) is 1.09. The van der Waals surface area contributed by atoms with Crippen LogP contribution in [0.5, 0.6) is 0 Å². The topological polar surface area (TPSA) is 42.7 Å². The van der Waals surface area contributed by atoms with Crippen LogP contribution in [-0.4, -0.2) is 21.6 Å². The van der Waals surface area contributed by atoms with Crippen LogP contribution in [0.2, 0.25) is 0 Å². The molecule has 0 atom stereocenters. The smallest absolute Gasteiger partial charge is 0.178 e. The lowest BCUT2D eigenvalue weighted by atomic mass is 10.4.